The van der Waals surface area contributed by atoms with Crippen LogP contribution in [0.2, 0.25) is 0 Å². The van der Waals surface area contributed by atoms with Crippen molar-refractivity contribution in [3.8, 4) is 0 Å². The molecule has 0 aromatic heterocycles. The zero-order valence-electron chi connectivity index (χ0n) is 14.9. The van der Waals surface area contributed by atoms with E-state index in [9.17, 15) is 14.7 Å². The van der Waals surface area contributed by atoms with E-state index in [4.69, 9.17) is 0 Å². The van der Waals surface area contributed by atoms with Gasteiger partial charge in [0.05, 0.1) is 11.6 Å². The first kappa shape index (κ1) is 17.9. The van der Waals surface area contributed by atoms with E-state index in [0.29, 0.717) is 18.7 Å². The summed E-state index contributed by atoms with van der Waals surface area (Å²) in [5.41, 5.74) is 1.48. The van der Waals surface area contributed by atoms with Crippen molar-refractivity contribution < 1.29 is 14.7 Å². The smallest absolute Gasteiger partial charge is 0.295 e. The third-order valence-electron chi connectivity index (χ3n) is 4.49. The Hall–Kier alpha value is -2.92. The fraction of sp³-hybridized carbons (Fsp3) is 0.238. The van der Waals surface area contributed by atoms with Gasteiger partial charge in [-0.25, -0.2) is 0 Å². The molecule has 0 saturated carbocycles. The highest BCUT2D eigenvalue weighted by molar-refractivity contribution is 6.46. The van der Waals surface area contributed by atoms with Crippen molar-refractivity contribution in [2.24, 2.45) is 0 Å². The number of likely N-dealkylation sites (N-methyl/N-ethyl adjacent to an activating group) is 1. The van der Waals surface area contributed by atoms with E-state index in [1.165, 1.54) is 0 Å². The van der Waals surface area contributed by atoms with E-state index in [1.54, 1.807) is 29.2 Å². The first-order chi connectivity index (χ1) is 12.5. The fourth-order valence-corrected chi connectivity index (χ4v) is 3.15. The van der Waals surface area contributed by atoms with Crippen LogP contribution in [0.1, 0.15) is 17.2 Å². The SMILES string of the molecule is CN(C)CCN1C(=O)C(=O)/C(=C(/O)c2ccccc2)[C@H]1c1ccccc1. The summed E-state index contributed by atoms with van der Waals surface area (Å²) in [6, 6.07) is 17.6. The van der Waals surface area contributed by atoms with Gasteiger partial charge in [0.15, 0.2) is 0 Å². The summed E-state index contributed by atoms with van der Waals surface area (Å²) in [7, 11) is 3.83. The fourth-order valence-electron chi connectivity index (χ4n) is 3.15. The van der Waals surface area contributed by atoms with Gasteiger partial charge in [-0.05, 0) is 19.7 Å². The van der Waals surface area contributed by atoms with Crippen LogP contribution in [0.25, 0.3) is 5.76 Å². The molecule has 0 bridgehead atoms. The van der Waals surface area contributed by atoms with Gasteiger partial charge < -0.3 is 14.9 Å². The largest absolute Gasteiger partial charge is 0.507 e. The number of rotatable bonds is 5. The molecular formula is C21H22N2O3. The molecule has 0 radical (unpaired) electrons. The van der Waals surface area contributed by atoms with Gasteiger partial charge in [0.25, 0.3) is 11.7 Å². The highest BCUT2D eigenvalue weighted by Crippen LogP contribution is 2.38. The van der Waals surface area contributed by atoms with Crippen LogP contribution in [0.4, 0.5) is 0 Å². The normalized spacial score (nSPS) is 19.3. The van der Waals surface area contributed by atoms with E-state index in [2.05, 4.69) is 0 Å². The number of benzene rings is 2. The van der Waals surface area contributed by atoms with Crippen LogP contribution >= 0.6 is 0 Å². The number of nitrogens with zero attached hydrogens (tertiary/aromatic N) is 2. The molecule has 5 nitrogen and oxygen atoms in total. The first-order valence-electron chi connectivity index (χ1n) is 8.54. The number of likely N-dealkylation sites (tertiary alicyclic amines) is 1. The van der Waals surface area contributed by atoms with Crippen LogP contribution < -0.4 is 0 Å². The maximum atomic E-state index is 12.7. The lowest BCUT2D eigenvalue weighted by Gasteiger charge is -2.26. The topological polar surface area (TPSA) is 60.9 Å². The number of ketones is 1. The zero-order chi connectivity index (χ0) is 18.7. The van der Waals surface area contributed by atoms with Crippen LogP contribution in [0.15, 0.2) is 66.2 Å². The number of aliphatic hydroxyl groups excluding tert-OH is 1. The van der Waals surface area contributed by atoms with Crippen LogP contribution in [-0.2, 0) is 9.59 Å². The van der Waals surface area contributed by atoms with Crippen molar-refractivity contribution in [2.75, 3.05) is 27.2 Å². The molecule has 1 amide bonds. The van der Waals surface area contributed by atoms with E-state index in [-0.39, 0.29) is 11.3 Å². The Morgan fingerprint density at radius 3 is 2.15 bits per heavy atom. The van der Waals surface area contributed by atoms with Crippen molar-refractivity contribution in [1.82, 2.24) is 9.80 Å². The molecule has 2 aromatic rings. The second-order valence-corrected chi connectivity index (χ2v) is 6.57. The van der Waals surface area contributed by atoms with Crippen molar-refractivity contribution in [1.29, 1.82) is 0 Å². The van der Waals surface area contributed by atoms with E-state index < -0.39 is 17.7 Å². The van der Waals surface area contributed by atoms with Crippen molar-refractivity contribution in [3.05, 3.63) is 77.4 Å². The second kappa shape index (κ2) is 7.54. The summed E-state index contributed by atoms with van der Waals surface area (Å²) < 4.78 is 0. The van der Waals surface area contributed by atoms with Gasteiger partial charge >= 0.3 is 0 Å². The van der Waals surface area contributed by atoms with Crippen molar-refractivity contribution in [3.63, 3.8) is 0 Å². The molecule has 2 aromatic carbocycles. The molecule has 1 saturated heterocycles. The Morgan fingerprint density at radius 2 is 1.58 bits per heavy atom. The number of hydrogen-bond donors (Lipinski definition) is 1. The lowest BCUT2D eigenvalue weighted by molar-refractivity contribution is -0.140. The summed E-state index contributed by atoms with van der Waals surface area (Å²) in [4.78, 5) is 28.9. The van der Waals surface area contributed by atoms with Gasteiger partial charge in [0.2, 0.25) is 0 Å². The van der Waals surface area contributed by atoms with Gasteiger partial charge in [-0.1, -0.05) is 60.7 Å². The molecule has 134 valence electrons. The Labute approximate surface area is 153 Å². The zero-order valence-corrected chi connectivity index (χ0v) is 14.9. The summed E-state index contributed by atoms with van der Waals surface area (Å²) in [5, 5.41) is 10.8. The predicted octanol–water partition coefficient (Wildman–Crippen LogP) is 2.67. The lowest BCUT2D eigenvalue weighted by atomic mass is 9.95. The summed E-state index contributed by atoms with van der Waals surface area (Å²) >= 11 is 0. The maximum absolute atomic E-state index is 12.7. The molecule has 0 unspecified atom stereocenters. The summed E-state index contributed by atoms with van der Waals surface area (Å²) in [6.07, 6.45) is 0. The summed E-state index contributed by atoms with van der Waals surface area (Å²) in [5.74, 6) is -1.35. The Balaban J connectivity index is 2.12. The van der Waals surface area contributed by atoms with Gasteiger partial charge in [0, 0.05) is 18.7 Å². The van der Waals surface area contributed by atoms with Gasteiger partial charge in [-0.2, -0.15) is 0 Å². The Kier molecular flexibility index (Phi) is 5.19. The van der Waals surface area contributed by atoms with Crippen molar-refractivity contribution >= 4 is 17.4 Å². The molecule has 1 aliphatic rings. The van der Waals surface area contributed by atoms with E-state index >= 15 is 0 Å². The summed E-state index contributed by atoms with van der Waals surface area (Å²) in [6.45, 7) is 1.03. The molecule has 1 heterocycles. The monoisotopic (exact) mass is 350 g/mol. The number of carbonyl (C=O) groups is 2. The molecule has 1 fully saturated rings. The molecule has 5 heteroatoms. The Bertz CT molecular complexity index is 829. The second-order valence-electron chi connectivity index (χ2n) is 6.57. The average molecular weight is 350 g/mol. The molecule has 3 rings (SSSR count). The van der Waals surface area contributed by atoms with Crippen LogP contribution in [0.5, 0.6) is 0 Å². The first-order valence-corrected chi connectivity index (χ1v) is 8.54. The molecule has 0 aliphatic carbocycles. The van der Waals surface area contributed by atoms with Crippen LogP contribution in [0.3, 0.4) is 0 Å². The minimum atomic E-state index is -0.640. The number of aliphatic hydroxyl groups is 1. The third-order valence-corrected chi connectivity index (χ3v) is 4.49. The lowest BCUT2D eigenvalue weighted by Crippen LogP contribution is -2.35. The van der Waals surface area contributed by atoms with Gasteiger partial charge in [0.1, 0.15) is 5.76 Å². The standard InChI is InChI=1S/C21H22N2O3/c1-22(2)13-14-23-18(15-9-5-3-6-10-15)17(20(25)21(23)26)19(24)16-11-7-4-8-12-16/h3-12,18,24H,13-14H2,1-2H3/b19-17+/t18-/m1/s1. The van der Waals surface area contributed by atoms with Crippen LogP contribution in [0, 0.1) is 0 Å². The average Bonchev–Trinajstić information content (AvgIpc) is 2.91. The molecule has 1 atom stereocenters. The molecule has 0 spiro atoms. The number of carbonyl (C=O) groups excluding carboxylic acids is 2. The van der Waals surface area contributed by atoms with Gasteiger partial charge in [-0.15, -0.1) is 0 Å². The predicted molar refractivity (Wildman–Crippen MR) is 100 cm³/mol. The van der Waals surface area contributed by atoms with Crippen molar-refractivity contribution in [2.45, 2.75) is 6.04 Å². The third kappa shape index (κ3) is 3.39. The number of Topliss-reactive ketones (excluding diaryl/α,β-unsaturated/α-hetero) is 1. The molecule has 1 aliphatic heterocycles. The highest BCUT2D eigenvalue weighted by Gasteiger charge is 2.45. The maximum Gasteiger partial charge on any atom is 0.295 e. The molecule has 26 heavy (non-hydrogen) atoms. The van der Waals surface area contributed by atoms with E-state index in [0.717, 1.165) is 5.56 Å². The number of amides is 1. The highest BCUT2D eigenvalue weighted by atomic mass is 16.3. The number of hydrogen-bond acceptors (Lipinski definition) is 4. The quantitative estimate of drug-likeness (QED) is 0.512. The van der Waals surface area contributed by atoms with Gasteiger partial charge in [-0.3, -0.25) is 9.59 Å². The minimum Gasteiger partial charge on any atom is -0.507 e. The minimum absolute atomic E-state index is 0.134. The molecular weight excluding hydrogens is 328 g/mol. The Morgan fingerprint density at radius 1 is 1.00 bits per heavy atom. The van der Waals surface area contributed by atoms with E-state index in [1.807, 2.05) is 55.4 Å². The molecule has 1 N–H and O–H groups in total. The van der Waals surface area contributed by atoms with Crippen LogP contribution in [-0.4, -0.2) is 53.8 Å².